The Morgan fingerprint density at radius 1 is 1.40 bits per heavy atom. The first-order valence-electron chi connectivity index (χ1n) is 6.66. The minimum atomic E-state index is -4.09. The third kappa shape index (κ3) is 5.33. The molecule has 1 unspecified atom stereocenters. The molecular formula is C11H22N4O4S. The lowest BCUT2D eigenvalue weighted by Gasteiger charge is -2.29. The van der Waals surface area contributed by atoms with Gasteiger partial charge in [0.05, 0.1) is 12.6 Å². The molecule has 1 fully saturated rings. The quantitative estimate of drug-likeness (QED) is 0.417. The van der Waals surface area contributed by atoms with Crippen LogP contribution in [-0.4, -0.2) is 33.0 Å². The van der Waals surface area contributed by atoms with Crippen molar-refractivity contribution in [3.8, 4) is 0 Å². The Hall–Kier alpha value is -1.35. The highest BCUT2D eigenvalue weighted by Gasteiger charge is 2.30. The monoisotopic (exact) mass is 306 g/mol. The Labute approximate surface area is 119 Å². The van der Waals surface area contributed by atoms with E-state index in [9.17, 15) is 13.2 Å². The van der Waals surface area contributed by atoms with E-state index in [0.29, 0.717) is 0 Å². The zero-order valence-electron chi connectivity index (χ0n) is 11.5. The summed E-state index contributed by atoms with van der Waals surface area (Å²) in [6, 6.07) is -0.790. The van der Waals surface area contributed by atoms with Gasteiger partial charge in [0.25, 0.3) is 0 Å². The van der Waals surface area contributed by atoms with Crippen LogP contribution < -0.4 is 15.2 Å². The number of amidine groups is 1. The van der Waals surface area contributed by atoms with Crippen LogP contribution in [0.25, 0.3) is 0 Å². The molecule has 0 aliphatic heterocycles. The summed E-state index contributed by atoms with van der Waals surface area (Å²) >= 11 is 0. The SMILES string of the molecule is CCOC(=O)NS(=O)(=O)NC(C(=N)N)C1CCCCC1. The van der Waals surface area contributed by atoms with Crippen LogP contribution in [0.1, 0.15) is 39.0 Å². The van der Waals surface area contributed by atoms with Gasteiger partial charge in [-0.25, -0.2) is 9.52 Å². The van der Waals surface area contributed by atoms with E-state index in [4.69, 9.17) is 11.1 Å². The van der Waals surface area contributed by atoms with Gasteiger partial charge in [-0.3, -0.25) is 5.41 Å². The van der Waals surface area contributed by atoms with Gasteiger partial charge in [-0.15, -0.1) is 0 Å². The molecule has 0 radical (unpaired) electrons. The van der Waals surface area contributed by atoms with Crippen LogP contribution in [0.5, 0.6) is 0 Å². The summed E-state index contributed by atoms with van der Waals surface area (Å²) in [4.78, 5) is 11.1. The number of carbonyl (C=O) groups is 1. The third-order valence-corrected chi connectivity index (χ3v) is 4.23. The van der Waals surface area contributed by atoms with E-state index in [1.807, 2.05) is 0 Å². The van der Waals surface area contributed by atoms with Crippen LogP contribution in [0.2, 0.25) is 0 Å². The van der Waals surface area contributed by atoms with Crippen molar-refractivity contribution in [2.45, 2.75) is 45.1 Å². The standard InChI is InChI=1S/C11H22N4O4S/c1-2-19-11(16)15-20(17,18)14-9(10(12)13)8-6-4-3-5-7-8/h8-9,14H,2-7H2,1H3,(H3,12,13)(H,15,16). The summed E-state index contributed by atoms with van der Waals surface area (Å²) in [5.41, 5.74) is 5.48. The van der Waals surface area contributed by atoms with Crippen LogP contribution in [0.4, 0.5) is 4.79 Å². The third-order valence-electron chi connectivity index (χ3n) is 3.23. The molecule has 0 heterocycles. The van der Waals surface area contributed by atoms with Gasteiger partial charge in [-0.05, 0) is 25.7 Å². The first-order valence-corrected chi connectivity index (χ1v) is 8.14. The van der Waals surface area contributed by atoms with Gasteiger partial charge in [0.1, 0.15) is 5.84 Å². The second-order valence-electron chi connectivity index (χ2n) is 4.77. The molecule has 0 spiro atoms. The Balaban J connectivity index is 2.68. The summed E-state index contributed by atoms with van der Waals surface area (Å²) in [6.07, 6.45) is 3.65. The maximum atomic E-state index is 11.8. The number of ether oxygens (including phenoxy) is 1. The molecule has 116 valence electrons. The normalized spacial score (nSPS) is 18.2. The predicted molar refractivity (Wildman–Crippen MR) is 74.5 cm³/mol. The van der Waals surface area contributed by atoms with Crippen molar-refractivity contribution in [1.82, 2.24) is 9.44 Å². The maximum absolute atomic E-state index is 11.8. The fourth-order valence-corrected chi connectivity index (χ4v) is 3.34. The van der Waals surface area contributed by atoms with Crippen LogP contribution >= 0.6 is 0 Å². The van der Waals surface area contributed by atoms with E-state index < -0.39 is 22.3 Å². The highest BCUT2D eigenvalue weighted by molar-refractivity contribution is 7.88. The molecule has 20 heavy (non-hydrogen) atoms. The lowest BCUT2D eigenvalue weighted by molar-refractivity contribution is 0.158. The van der Waals surface area contributed by atoms with Gasteiger partial charge >= 0.3 is 16.3 Å². The molecule has 9 heteroatoms. The Morgan fingerprint density at radius 2 is 2.00 bits per heavy atom. The smallest absolute Gasteiger partial charge is 0.421 e. The van der Waals surface area contributed by atoms with Gasteiger partial charge in [-0.2, -0.15) is 13.1 Å². The van der Waals surface area contributed by atoms with E-state index in [1.54, 1.807) is 11.6 Å². The molecule has 0 aromatic carbocycles. The first-order chi connectivity index (χ1) is 9.35. The molecule has 1 rings (SSSR count). The molecule has 1 saturated carbocycles. The lowest BCUT2D eigenvalue weighted by atomic mass is 9.84. The Bertz CT molecular complexity index is 445. The number of nitrogens with two attached hydrogens (primary N) is 1. The summed E-state index contributed by atoms with van der Waals surface area (Å²) in [6.45, 7) is 1.64. The van der Waals surface area contributed by atoms with Gasteiger partial charge < -0.3 is 10.5 Å². The van der Waals surface area contributed by atoms with Gasteiger partial charge in [-0.1, -0.05) is 19.3 Å². The minimum Gasteiger partial charge on any atom is -0.449 e. The fraction of sp³-hybridized carbons (Fsp3) is 0.818. The van der Waals surface area contributed by atoms with Crippen LogP contribution in [0.3, 0.4) is 0 Å². The van der Waals surface area contributed by atoms with Crippen molar-refractivity contribution in [2.75, 3.05) is 6.61 Å². The first kappa shape index (κ1) is 16.7. The average molecular weight is 306 g/mol. The molecule has 0 bridgehead atoms. The highest BCUT2D eigenvalue weighted by Crippen LogP contribution is 2.26. The molecule has 1 aliphatic rings. The number of hydrogen-bond donors (Lipinski definition) is 4. The lowest BCUT2D eigenvalue weighted by Crippen LogP contribution is -2.53. The van der Waals surface area contributed by atoms with Crippen LogP contribution in [0.15, 0.2) is 0 Å². The van der Waals surface area contributed by atoms with Crippen LogP contribution in [-0.2, 0) is 14.9 Å². The van der Waals surface area contributed by atoms with Crippen molar-refractivity contribution >= 4 is 22.1 Å². The molecule has 1 atom stereocenters. The summed E-state index contributed by atoms with van der Waals surface area (Å²) in [7, 11) is -4.09. The van der Waals surface area contributed by atoms with Gasteiger partial charge in [0, 0.05) is 0 Å². The summed E-state index contributed by atoms with van der Waals surface area (Å²) in [5.74, 6) is -0.258. The second-order valence-corrected chi connectivity index (χ2v) is 6.22. The minimum absolute atomic E-state index is 0.0139. The molecule has 0 saturated heterocycles. The predicted octanol–water partition coefficient (Wildman–Crippen LogP) is 0.452. The molecule has 1 amide bonds. The topological polar surface area (TPSA) is 134 Å². The van der Waals surface area contributed by atoms with Crippen molar-refractivity contribution in [1.29, 1.82) is 5.41 Å². The molecule has 0 aromatic rings. The Morgan fingerprint density at radius 3 is 2.50 bits per heavy atom. The largest absolute Gasteiger partial charge is 0.449 e. The average Bonchev–Trinajstić information content (AvgIpc) is 2.36. The number of rotatable bonds is 6. The fourth-order valence-electron chi connectivity index (χ4n) is 2.35. The van der Waals surface area contributed by atoms with Crippen molar-refractivity contribution < 1.29 is 17.9 Å². The number of carbonyl (C=O) groups excluding carboxylic acids is 1. The number of hydrogen-bond acceptors (Lipinski definition) is 5. The highest BCUT2D eigenvalue weighted by atomic mass is 32.2. The summed E-state index contributed by atoms with van der Waals surface area (Å²) < 4.78 is 32.1. The zero-order valence-corrected chi connectivity index (χ0v) is 12.3. The van der Waals surface area contributed by atoms with E-state index >= 15 is 0 Å². The van der Waals surface area contributed by atoms with E-state index in [-0.39, 0.29) is 18.4 Å². The van der Waals surface area contributed by atoms with E-state index in [1.165, 1.54) is 0 Å². The molecule has 0 aromatic heterocycles. The Kier molecular flexibility index (Phi) is 6.21. The van der Waals surface area contributed by atoms with Gasteiger partial charge in [0.2, 0.25) is 0 Å². The van der Waals surface area contributed by atoms with Crippen LogP contribution in [0, 0.1) is 11.3 Å². The van der Waals surface area contributed by atoms with Gasteiger partial charge in [0.15, 0.2) is 0 Å². The molecule has 1 aliphatic carbocycles. The molecule has 5 N–H and O–H groups in total. The maximum Gasteiger partial charge on any atom is 0.421 e. The number of amides is 1. The van der Waals surface area contributed by atoms with Crippen molar-refractivity contribution in [3.63, 3.8) is 0 Å². The van der Waals surface area contributed by atoms with E-state index in [0.717, 1.165) is 32.1 Å². The van der Waals surface area contributed by atoms with E-state index in [2.05, 4.69) is 9.46 Å². The second kappa shape index (κ2) is 7.44. The number of nitrogens with one attached hydrogen (secondary N) is 3. The molecule has 8 nitrogen and oxygen atoms in total. The zero-order chi connectivity index (χ0) is 15.2. The van der Waals surface area contributed by atoms with Crippen molar-refractivity contribution in [2.24, 2.45) is 11.7 Å². The summed E-state index contributed by atoms with van der Waals surface area (Å²) in [5, 5.41) is 7.54. The molecular weight excluding hydrogens is 284 g/mol. The van der Waals surface area contributed by atoms with Crippen molar-refractivity contribution in [3.05, 3.63) is 0 Å².